The third-order valence-corrected chi connectivity index (χ3v) is 4.82. The zero-order valence-corrected chi connectivity index (χ0v) is 12.8. The van der Waals surface area contributed by atoms with Crippen molar-refractivity contribution in [2.45, 2.75) is 70.8 Å². The van der Waals surface area contributed by atoms with Crippen LogP contribution < -0.4 is 5.32 Å². The number of hydrogen-bond acceptors (Lipinski definition) is 3. The summed E-state index contributed by atoms with van der Waals surface area (Å²) >= 11 is 1.66. The van der Waals surface area contributed by atoms with E-state index in [0.717, 1.165) is 23.5 Å². The van der Waals surface area contributed by atoms with Crippen LogP contribution in [0.1, 0.15) is 69.0 Å². The number of hydrogen-bond donors (Lipinski definition) is 1. The minimum Gasteiger partial charge on any atom is -0.353 e. The number of carbonyl (C=O) groups excluding carboxylic acids is 1. The Morgan fingerprint density at radius 1 is 1.37 bits per heavy atom. The summed E-state index contributed by atoms with van der Waals surface area (Å²) in [6.45, 7) is 4.27. The maximum Gasteiger partial charge on any atom is 0.226 e. The predicted molar refractivity (Wildman–Crippen MR) is 79.5 cm³/mol. The van der Waals surface area contributed by atoms with Gasteiger partial charge in [0.1, 0.15) is 0 Å². The van der Waals surface area contributed by atoms with Crippen LogP contribution in [0.4, 0.5) is 0 Å². The fourth-order valence-corrected chi connectivity index (χ4v) is 3.37. The van der Waals surface area contributed by atoms with E-state index in [1.165, 1.54) is 25.7 Å². The van der Waals surface area contributed by atoms with Crippen molar-refractivity contribution in [1.82, 2.24) is 10.3 Å². The van der Waals surface area contributed by atoms with Gasteiger partial charge in [0.2, 0.25) is 5.91 Å². The van der Waals surface area contributed by atoms with E-state index >= 15 is 0 Å². The quantitative estimate of drug-likeness (QED) is 0.855. The lowest BCUT2D eigenvalue weighted by molar-refractivity contribution is -0.121. The maximum atomic E-state index is 12.0. The van der Waals surface area contributed by atoms with Crippen LogP contribution in [0.5, 0.6) is 0 Å². The van der Waals surface area contributed by atoms with Gasteiger partial charge in [-0.25, -0.2) is 4.98 Å². The molecular formula is C15H24N2OS. The summed E-state index contributed by atoms with van der Waals surface area (Å²) < 4.78 is 0. The zero-order valence-electron chi connectivity index (χ0n) is 11.9. The highest BCUT2D eigenvalue weighted by Crippen LogP contribution is 2.20. The van der Waals surface area contributed by atoms with Crippen LogP contribution in [0, 0.1) is 0 Å². The first-order valence-corrected chi connectivity index (χ1v) is 8.27. The Balaban J connectivity index is 1.82. The minimum atomic E-state index is 0.132. The van der Waals surface area contributed by atoms with Gasteiger partial charge in [-0.15, -0.1) is 11.3 Å². The Hall–Kier alpha value is -0.900. The molecular weight excluding hydrogens is 256 g/mol. The number of nitrogens with one attached hydrogen (secondary N) is 1. The second-order valence-electron chi connectivity index (χ2n) is 5.76. The molecule has 1 amide bonds. The molecule has 2 rings (SSSR count). The van der Waals surface area contributed by atoms with Crippen molar-refractivity contribution in [2.75, 3.05) is 0 Å². The summed E-state index contributed by atoms with van der Waals surface area (Å²) in [6, 6.07) is 0.387. The molecule has 106 valence electrons. The van der Waals surface area contributed by atoms with Gasteiger partial charge in [-0.2, -0.15) is 0 Å². The standard InChI is InChI=1S/C15H24N2OS/c1-11(2)15-17-13(10-19-15)9-14(18)16-12-7-5-3-4-6-8-12/h10-12H,3-9H2,1-2H3,(H,16,18). The number of rotatable bonds is 4. The van der Waals surface area contributed by atoms with E-state index in [-0.39, 0.29) is 5.91 Å². The topological polar surface area (TPSA) is 42.0 Å². The average Bonchev–Trinajstić information content (AvgIpc) is 2.67. The second kappa shape index (κ2) is 7.04. The molecule has 1 aromatic heterocycles. The minimum absolute atomic E-state index is 0.132. The van der Waals surface area contributed by atoms with E-state index < -0.39 is 0 Å². The van der Waals surface area contributed by atoms with E-state index in [0.29, 0.717) is 18.4 Å². The lowest BCUT2D eigenvalue weighted by Crippen LogP contribution is -2.35. The van der Waals surface area contributed by atoms with Gasteiger partial charge < -0.3 is 5.32 Å². The van der Waals surface area contributed by atoms with Crippen molar-refractivity contribution in [2.24, 2.45) is 0 Å². The molecule has 0 radical (unpaired) electrons. The number of aromatic nitrogens is 1. The normalized spacial score (nSPS) is 17.4. The molecule has 3 nitrogen and oxygen atoms in total. The molecule has 1 heterocycles. The highest BCUT2D eigenvalue weighted by Gasteiger charge is 2.16. The SMILES string of the molecule is CC(C)c1nc(CC(=O)NC2CCCCCC2)cs1. The Bertz CT molecular complexity index is 406. The molecule has 1 aliphatic carbocycles. The summed E-state index contributed by atoms with van der Waals surface area (Å²) in [7, 11) is 0. The van der Waals surface area contributed by atoms with Crippen LogP contribution in [-0.2, 0) is 11.2 Å². The van der Waals surface area contributed by atoms with Gasteiger partial charge in [0.15, 0.2) is 0 Å². The molecule has 1 saturated carbocycles. The lowest BCUT2D eigenvalue weighted by atomic mass is 10.1. The van der Waals surface area contributed by atoms with Gasteiger partial charge in [-0.3, -0.25) is 4.79 Å². The molecule has 19 heavy (non-hydrogen) atoms. The van der Waals surface area contributed by atoms with E-state index in [2.05, 4.69) is 24.1 Å². The summed E-state index contributed by atoms with van der Waals surface area (Å²) in [5.41, 5.74) is 0.917. The summed E-state index contributed by atoms with van der Waals surface area (Å²) in [5.74, 6) is 0.580. The van der Waals surface area contributed by atoms with Crippen molar-refractivity contribution in [3.63, 3.8) is 0 Å². The van der Waals surface area contributed by atoms with Crippen molar-refractivity contribution in [3.05, 3.63) is 16.1 Å². The monoisotopic (exact) mass is 280 g/mol. The summed E-state index contributed by atoms with van der Waals surface area (Å²) in [6.07, 6.45) is 7.84. The first-order valence-electron chi connectivity index (χ1n) is 7.39. The molecule has 0 saturated heterocycles. The maximum absolute atomic E-state index is 12.0. The van der Waals surface area contributed by atoms with Crippen molar-refractivity contribution >= 4 is 17.2 Å². The first kappa shape index (κ1) is 14.5. The predicted octanol–water partition coefficient (Wildman–Crippen LogP) is 3.65. The highest BCUT2D eigenvalue weighted by atomic mass is 32.1. The van der Waals surface area contributed by atoms with Crippen molar-refractivity contribution < 1.29 is 4.79 Å². The molecule has 0 aromatic carbocycles. The van der Waals surface area contributed by atoms with Gasteiger partial charge in [-0.05, 0) is 12.8 Å². The molecule has 0 aliphatic heterocycles. The van der Waals surface area contributed by atoms with E-state index in [1.807, 2.05) is 5.38 Å². The number of thiazole rings is 1. The molecule has 1 aliphatic rings. The van der Waals surface area contributed by atoms with Crippen molar-refractivity contribution in [3.8, 4) is 0 Å². The molecule has 0 atom stereocenters. The number of carbonyl (C=O) groups is 1. The summed E-state index contributed by atoms with van der Waals surface area (Å²) in [4.78, 5) is 16.5. The Labute approximate surface area is 119 Å². The zero-order chi connectivity index (χ0) is 13.7. The number of nitrogens with zero attached hydrogens (tertiary/aromatic N) is 1. The molecule has 0 spiro atoms. The third-order valence-electron chi connectivity index (χ3n) is 3.63. The van der Waals surface area contributed by atoms with Crippen LogP contribution in [0.25, 0.3) is 0 Å². The van der Waals surface area contributed by atoms with Gasteiger partial charge in [0.25, 0.3) is 0 Å². The molecule has 4 heteroatoms. The fourth-order valence-electron chi connectivity index (χ4n) is 2.54. The highest BCUT2D eigenvalue weighted by molar-refractivity contribution is 7.09. The van der Waals surface area contributed by atoms with Crippen LogP contribution >= 0.6 is 11.3 Å². The average molecular weight is 280 g/mol. The van der Waals surface area contributed by atoms with Crippen LogP contribution in [0.3, 0.4) is 0 Å². The van der Waals surface area contributed by atoms with E-state index in [9.17, 15) is 4.79 Å². The van der Waals surface area contributed by atoms with Crippen LogP contribution in [0.2, 0.25) is 0 Å². The third kappa shape index (κ3) is 4.60. The van der Waals surface area contributed by atoms with Crippen LogP contribution in [-0.4, -0.2) is 16.9 Å². The Kier molecular flexibility index (Phi) is 5.37. The van der Waals surface area contributed by atoms with Gasteiger partial charge >= 0.3 is 0 Å². The molecule has 1 fully saturated rings. The summed E-state index contributed by atoms with van der Waals surface area (Å²) in [5, 5.41) is 6.31. The van der Waals surface area contributed by atoms with Gasteiger partial charge in [0.05, 0.1) is 17.1 Å². The van der Waals surface area contributed by atoms with Crippen molar-refractivity contribution in [1.29, 1.82) is 0 Å². The van der Waals surface area contributed by atoms with Gasteiger partial charge in [0, 0.05) is 17.3 Å². The van der Waals surface area contributed by atoms with E-state index in [1.54, 1.807) is 11.3 Å². The molecule has 1 N–H and O–H groups in total. The first-order chi connectivity index (χ1) is 9.15. The van der Waals surface area contributed by atoms with Gasteiger partial charge in [-0.1, -0.05) is 39.5 Å². The van der Waals surface area contributed by atoms with E-state index in [4.69, 9.17) is 0 Å². The second-order valence-corrected chi connectivity index (χ2v) is 6.65. The Morgan fingerprint density at radius 2 is 2.05 bits per heavy atom. The lowest BCUT2D eigenvalue weighted by Gasteiger charge is -2.15. The largest absolute Gasteiger partial charge is 0.353 e. The Morgan fingerprint density at radius 3 is 2.63 bits per heavy atom. The van der Waals surface area contributed by atoms with Crippen LogP contribution in [0.15, 0.2) is 5.38 Å². The fraction of sp³-hybridized carbons (Fsp3) is 0.733. The smallest absolute Gasteiger partial charge is 0.226 e. The number of amides is 1. The molecule has 1 aromatic rings. The molecule has 0 bridgehead atoms. The molecule has 0 unspecified atom stereocenters.